The van der Waals surface area contributed by atoms with E-state index in [1.54, 1.807) is 10.9 Å². The van der Waals surface area contributed by atoms with Crippen molar-refractivity contribution in [2.45, 2.75) is 6.42 Å². The molecule has 0 spiro atoms. The molecule has 19 heavy (non-hydrogen) atoms. The molecule has 0 saturated heterocycles. The average Bonchev–Trinajstić information content (AvgIpc) is 2.78. The van der Waals surface area contributed by atoms with Gasteiger partial charge >= 0.3 is 0 Å². The summed E-state index contributed by atoms with van der Waals surface area (Å²) in [6.45, 7) is 0.511. The van der Waals surface area contributed by atoms with E-state index in [1.165, 1.54) is 18.2 Å². The molecule has 0 radical (unpaired) electrons. The van der Waals surface area contributed by atoms with E-state index < -0.39 is 0 Å². The number of rotatable bonds is 4. The number of aryl methyl sites for hydroxylation is 1. The van der Waals surface area contributed by atoms with Crippen LogP contribution in [0.3, 0.4) is 0 Å². The van der Waals surface area contributed by atoms with Crippen molar-refractivity contribution in [1.29, 1.82) is 0 Å². The van der Waals surface area contributed by atoms with E-state index in [-0.39, 0.29) is 16.7 Å². The quantitative estimate of drug-likeness (QED) is 0.896. The Hall–Kier alpha value is -2.01. The van der Waals surface area contributed by atoms with Gasteiger partial charge in [-0.25, -0.2) is 0 Å². The molecule has 0 saturated carbocycles. The number of halogens is 1. The van der Waals surface area contributed by atoms with Crippen LogP contribution in [0.5, 0.6) is 5.75 Å². The van der Waals surface area contributed by atoms with Gasteiger partial charge in [-0.15, -0.1) is 0 Å². The summed E-state index contributed by atoms with van der Waals surface area (Å²) in [5.41, 5.74) is 1.47. The highest BCUT2D eigenvalue weighted by Crippen LogP contribution is 2.23. The molecule has 0 bridgehead atoms. The minimum atomic E-state index is -0.218. The van der Waals surface area contributed by atoms with Gasteiger partial charge in [-0.2, -0.15) is 5.10 Å². The Kier molecular flexibility index (Phi) is 4.06. The monoisotopic (exact) mass is 279 g/mol. The Bertz CT molecular complexity index is 595. The first-order valence-corrected chi connectivity index (χ1v) is 6.19. The second kappa shape index (κ2) is 5.75. The second-order valence-electron chi connectivity index (χ2n) is 4.12. The van der Waals surface area contributed by atoms with E-state index in [0.717, 1.165) is 5.69 Å². The predicted molar refractivity (Wildman–Crippen MR) is 72.4 cm³/mol. The van der Waals surface area contributed by atoms with Crippen LogP contribution in [-0.2, 0) is 13.5 Å². The first-order chi connectivity index (χ1) is 9.08. The first kappa shape index (κ1) is 13.4. The lowest BCUT2D eigenvalue weighted by atomic mass is 10.2. The van der Waals surface area contributed by atoms with E-state index >= 15 is 0 Å². The lowest BCUT2D eigenvalue weighted by Crippen LogP contribution is -2.26. The normalized spacial score (nSPS) is 10.4. The maximum absolute atomic E-state index is 11.8. The fraction of sp³-hybridized carbons (Fsp3) is 0.231. The number of phenolic OH excluding ortho intramolecular Hbond substituents is 1. The zero-order valence-corrected chi connectivity index (χ0v) is 11.2. The van der Waals surface area contributed by atoms with Crippen molar-refractivity contribution >= 4 is 17.5 Å². The number of carbonyl (C=O) groups excluding carboxylic acids is 1. The summed E-state index contributed by atoms with van der Waals surface area (Å²) in [4.78, 5) is 11.8. The highest BCUT2D eigenvalue weighted by atomic mass is 35.5. The van der Waals surface area contributed by atoms with Gasteiger partial charge in [-0.1, -0.05) is 11.6 Å². The number of aromatic hydroxyl groups is 1. The molecule has 1 aromatic carbocycles. The Balaban J connectivity index is 1.91. The maximum Gasteiger partial charge on any atom is 0.251 e. The van der Waals surface area contributed by atoms with Crippen molar-refractivity contribution in [3.05, 3.63) is 46.7 Å². The standard InChI is InChI=1S/C13H14ClN3O2/c1-17-10(5-7-16-17)4-6-15-13(19)9-2-3-12(18)11(14)8-9/h2-3,5,7-8,18H,4,6H2,1H3,(H,15,19). The molecule has 6 heteroatoms. The predicted octanol–water partition coefficient (Wildman–Crippen LogP) is 1.75. The van der Waals surface area contributed by atoms with Crippen molar-refractivity contribution < 1.29 is 9.90 Å². The maximum atomic E-state index is 11.8. The van der Waals surface area contributed by atoms with Crippen LogP contribution in [0.4, 0.5) is 0 Å². The molecule has 2 N–H and O–H groups in total. The van der Waals surface area contributed by atoms with Crippen molar-refractivity contribution in [2.75, 3.05) is 6.54 Å². The van der Waals surface area contributed by atoms with Gasteiger partial charge in [0.25, 0.3) is 5.91 Å². The number of phenols is 1. The minimum Gasteiger partial charge on any atom is -0.506 e. The van der Waals surface area contributed by atoms with Crippen molar-refractivity contribution in [3.8, 4) is 5.75 Å². The molecule has 0 aliphatic carbocycles. The van der Waals surface area contributed by atoms with Crippen molar-refractivity contribution in [3.63, 3.8) is 0 Å². The van der Waals surface area contributed by atoms with Crippen LogP contribution in [0.2, 0.25) is 5.02 Å². The molecule has 0 atom stereocenters. The largest absolute Gasteiger partial charge is 0.506 e. The fourth-order valence-electron chi connectivity index (χ4n) is 1.70. The molecule has 100 valence electrons. The van der Waals surface area contributed by atoms with Gasteiger partial charge in [0, 0.05) is 37.5 Å². The van der Waals surface area contributed by atoms with E-state index in [1.807, 2.05) is 13.1 Å². The smallest absolute Gasteiger partial charge is 0.251 e. The van der Waals surface area contributed by atoms with E-state index in [4.69, 9.17) is 11.6 Å². The summed E-state index contributed by atoms with van der Waals surface area (Å²) < 4.78 is 1.77. The van der Waals surface area contributed by atoms with Gasteiger partial charge in [-0.05, 0) is 24.3 Å². The summed E-state index contributed by atoms with van der Waals surface area (Å²) in [6.07, 6.45) is 2.42. The lowest BCUT2D eigenvalue weighted by molar-refractivity contribution is 0.0954. The van der Waals surface area contributed by atoms with Crippen LogP contribution < -0.4 is 5.32 Å². The highest BCUT2D eigenvalue weighted by Gasteiger charge is 2.08. The summed E-state index contributed by atoms with van der Waals surface area (Å²) in [5, 5.41) is 16.3. The van der Waals surface area contributed by atoms with Crippen LogP contribution in [0.15, 0.2) is 30.5 Å². The molecular formula is C13H14ClN3O2. The fourth-order valence-corrected chi connectivity index (χ4v) is 1.88. The molecule has 2 aromatic rings. The third-order valence-corrected chi connectivity index (χ3v) is 3.10. The van der Waals surface area contributed by atoms with E-state index in [2.05, 4.69) is 10.4 Å². The molecule has 0 fully saturated rings. The van der Waals surface area contributed by atoms with Crippen LogP contribution in [0.1, 0.15) is 16.1 Å². The van der Waals surface area contributed by atoms with Crippen LogP contribution >= 0.6 is 11.6 Å². The molecule has 0 aliphatic heterocycles. The number of hydrogen-bond acceptors (Lipinski definition) is 3. The third kappa shape index (κ3) is 3.26. The number of amides is 1. The number of nitrogens with zero attached hydrogens (tertiary/aromatic N) is 2. The highest BCUT2D eigenvalue weighted by molar-refractivity contribution is 6.32. The molecule has 2 rings (SSSR count). The minimum absolute atomic E-state index is 0.0342. The Morgan fingerprint density at radius 3 is 2.89 bits per heavy atom. The second-order valence-corrected chi connectivity index (χ2v) is 4.53. The van der Waals surface area contributed by atoms with Gasteiger partial charge in [0.15, 0.2) is 0 Å². The number of nitrogens with one attached hydrogen (secondary N) is 1. The summed E-state index contributed by atoms with van der Waals surface area (Å²) in [5.74, 6) is -0.253. The zero-order chi connectivity index (χ0) is 13.8. The molecule has 5 nitrogen and oxygen atoms in total. The van der Waals surface area contributed by atoms with Gasteiger partial charge in [0.2, 0.25) is 0 Å². The topological polar surface area (TPSA) is 67.2 Å². The molecule has 0 unspecified atom stereocenters. The van der Waals surface area contributed by atoms with E-state index in [9.17, 15) is 9.90 Å². The van der Waals surface area contributed by atoms with E-state index in [0.29, 0.717) is 18.5 Å². The zero-order valence-electron chi connectivity index (χ0n) is 10.4. The third-order valence-electron chi connectivity index (χ3n) is 2.80. The van der Waals surface area contributed by atoms with Crippen LogP contribution in [-0.4, -0.2) is 27.3 Å². The Morgan fingerprint density at radius 2 is 2.26 bits per heavy atom. The summed E-state index contributed by atoms with van der Waals surface area (Å²) in [6, 6.07) is 6.28. The molecule has 1 amide bonds. The summed E-state index contributed by atoms with van der Waals surface area (Å²) in [7, 11) is 1.86. The average molecular weight is 280 g/mol. The number of aromatic nitrogens is 2. The number of benzene rings is 1. The molecule has 1 heterocycles. The Labute approximate surface area is 115 Å². The van der Waals surface area contributed by atoms with Gasteiger partial charge in [-0.3, -0.25) is 9.48 Å². The number of carbonyl (C=O) groups is 1. The van der Waals surface area contributed by atoms with Crippen molar-refractivity contribution in [2.24, 2.45) is 7.05 Å². The SMILES string of the molecule is Cn1nccc1CCNC(=O)c1ccc(O)c(Cl)c1. The molecular weight excluding hydrogens is 266 g/mol. The number of hydrogen-bond donors (Lipinski definition) is 2. The van der Waals surface area contributed by atoms with Crippen LogP contribution in [0.25, 0.3) is 0 Å². The molecule has 1 aromatic heterocycles. The van der Waals surface area contributed by atoms with Gasteiger partial charge < -0.3 is 10.4 Å². The lowest BCUT2D eigenvalue weighted by Gasteiger charge is -2.06. The van der Waals surface area contributed by atoms with Crippen LogP contribution in [0, 0.1) is 0 Å². The van der Waals surface area contributed by atoms with Gasteiger partial charge in [0.1, 0.15) is 5.75 Å². The molecule has 0 aliphatic rings. The first-order valence-electron chi connectivity index (χ1n) is 5.81. The summed E-state index contributed by atoms with van der Waals surface area (Å²) >= 11 is 5.75. The van der Waals surface area contributed by atoms with Crippen molar-refractivity contribution in [1.82, 2.24) is 15.1 Å². The Morgan fingerprint density at radius 1 is 1.47 bits per heavy atom. The van der Waals surface area contributed by atoms with Gasteiger partial charge in [0.05, 0.1) is 5.02 Å².